The van der Waals surface area contributed by atoms with Crippen LogP contribution in [0.5, 0.6) is 5.75 Å². The van der Waals surface area contributed by atoms with Crippen LogP contribution in [0.3, 0.4) is 0 Å². The summed E-state index contributed by atoms with van der Waals surface area (Å²) in [5.74, 6) is 0.279. The second-order valence-electron chi connectivity index (χ2n) is 8.38. The molecule has 156 valence electrons. The molecule has 2 aromatic carbocycles. The fourth-order valence-corrected chi connectivity index (χ4v) is 5.11. The van der Waals surface area contributed by atoms with Crippen molar-refractivity contribution in [3.8, 4) is 5.75 Å². The zero-order valence-electron chi connectivity index (χ0n) is 16.8. The number of nitrogens with zero attached hydrogens (tertiary/aromatic N) is 1. The van der Waals surface area contributed by atoms with Crippen molar-refractivity contribution < 1.29 is 18.7 Å². The summed E-state index contributed by atoms with van der Waals surface area (Å²) in [4.78, 5) is 39.9. The molecule has 7 heteroatoms. The van der Waals surface area contributed by atoms with Crippen LogP contribution in [0.1, 0.15) is 35.1 Å². The minimum absolute atomic E-state index is 0.0102. The Kier molecular flexibility index (Phi) is 3.78. The van der Waals surface area contributed by atoms with Crippen molar-refractivity contribution in [2.45, 2.75) is 37.8 Å². The summed E-state index contributed by atoms with van der Waals surface area (Å²) < 4.78 is 11.1. The molecule has 1 unspecified atom stereocenters. The summed E-state index contributed by atoms with van der Waals surface area (Å²) in [7, 11) is 0. The number of carbonyl (C=O) groups excluding carboxylic acids is 2. The standard InChI is InChI=1S/C24H20N2O5/c27-21-12-16(17-10-14-4-3-5-15(14)11-20(17)31-21)13-26-22(28)24(25-23(26)29)8-9-30-19-7-2-1-6-18(19)24/h1-2,6-7,10-12H,3-5,8-9,13H2,(H,25,29). The normalized spacial score (nSPS) is 21.9. The molecule has 1 atom stereocenters. The molecule has 6 rings (SSSR count). The quantitative estimate of drug-likeness (QED) is 0.513. The Morgan fingerprint density at radius 1 is 1.03 bits per heavy atom. The number of carbonyl (C=O) groups is 2. The van der Waals surface area contributed by atoms with E-state index in [0.29, 0.717) is 35.5 Å². The molecule has 3 aromatic rings. The summed E-state index contributed by atoms with van der Waals surface area (Å²) >= 11 is 0. The van der Waals surface area contributed by atoms with Crippen molar-refractivity contribution in [3.05, 3.63) is 75.1 Å². The van der Waals surface area contributed by atoms with Gasteiger partial charge in [0.2, 0.25) is 0 Å². The molecule has 0 saturated carbocycles. The fraction of sp³-hybridized carbons (Fsp3) is 0.292. The highest BCUT2D eigenvalue weighted by Crippen LogP contribution is 2.41. The first-order chi connectivity index (χ1) is 15.0. The van der Waals surface area contributed by atoms with Gasteiger partial charge in [-0.2, -0.15) is 0 Å². The lowest BCUT2D eigenvalue weighted by Gasteiger charge is -2.33. The minimum Gasteiger partial charge on any atom is -0.493 e. The lowest BCUT2D eigenvalue weighted by Crippen LogP contribution is -2.47. The number of rotatable bonds is 2. The van der Waals surface area contributed by atoms with Crippen LogP contribution in [0.4, 0.5) is 4.79 Å². The Morgan fingerprint density at radius 3 is 2.71 bits per heavy atom. The van der Waals surface area contributed by atoms with Crippen molar-refractivity contribution in [2.75, 3.05) is 6.61 Å². The van der Waals surface area contributed by atoms with Crippen LogP contribution in [0, 0.1) is 0 Å². The third-order valence-corrected chi connectivity index (χ3v) is 6.63. The van der Waals surface area contributed by atoms with Gasteiger partial charge in [0.15, 0.2) is 5.54 Å². The second kappa shape index (κ2) is 6.44. The van der Waals surface area contributed by atoms with E-state index in [1.807, 2.05) is 30.3 Å². The molecular formula is C24H20N2O5. The summed E-state index contributed by atoms with van der Waals surface area (Å²) in [6, 6.07) is 12.1. The van der Waals surface area contributed by atoms with Crippen LogP contribution < -0.4 is 15.7 Å². The molecule has 2 aliphatic heterocycles. The number of para-hydroxylation sites is 1. The highest BCUT2D eigenvalue weighted by molar-refractivity contribution is 6.08. The highest BCUT2D eigenvalue weighted by atomic mass is 16.5. The molecule has 1 spiro atoms. The van der Waals surface area contributed by atoms with E-state index >= 15 is 0 Å². The topological polar surface area (TPSA) is 88.9 Å². The van der Waals surface area contributed by atoms with Crippen LogP contribution >= 0.6 is 0 Å². The van der Waals surface area contributed by atoms with Crippen molar-refractivity contribution in [3.63, 3.8) is 0 Å². The number of aryl methyl sites for hydroxylation is 2. The van der Waals surface area contributed by atoms with Gasteiger partial charge in [-0.25, -0.2) is 9.59 Å². The van der Waals surface area contributed by atoms with E-state index in [4.69, 9.17) is 9.15 Å². The highest BCUT2D eigenvalue weighted by Gasteiger charge is 2.54. The van der Waals surface area contributed by atoms with Crippen LogP contribution in [0.25, 0.3) is 11.0 Å². The summed E-state index contributed by atoms with van der Waals surface area (Å²) in [6.07, 6.45) is 3.38. The van der Waals surface area contributed by atoms with Gasteiger partial charge in [0.05, 0.1) is 13.2 Å². The predicted molar refractivity (Wildman–Crippen MR) is 112 cm³/mol. The van der Waals surface area contributed by atoms with Gasteiger partial charge < -0.3 is 14.5 Å². The number of imide groups is 1. The number of amides is 3. The fourth-order valence-electron chi connectivity index (χ4n) is 5.11. The van der Waals surface area contributed by atoms with Crippen LogP contribution in [-0.2, 0) is 29.7 Å². The number of hydrogen-bond acceptors (Lipinski definition) is 5. The van der Waals surface area contributed by atoms with Crippen molar-refractivity contribution in [1.82, 2.24) is 10.2 Å². The molecule has 7 nitrogen and oxygen atoms in total. The van der Waals surface area contributed by atoms with E-state index in [1.54, 1.807) is 6.07 Å². The lowest BCUT2D eigenvalue weighted by molar-refractivity contribution is -0.133. The number of fused-ring (bicyclic) bond motifs is 4. The maximum atomic E-state index is 13.6. The van der Waals surface area contributed by atoms with Crippen molar-refractivity contribution in [2.24, 2.45) is 0 Å². The Hall–Kier alpha value is -3.61. The number of urea groups is 1. The Balaban J connectivity index is 1.42. The molecule has 3 aliphatic rings. The first-order valence-corrected chi connectivity index (χ1v) is 10.5. The van der Waals surface area contributed by atoms with Gasteiger partial charge in [-0.05, 0) is 54.2 Å². The Morgan fingerprint density at radius 2 is 1.84 bits per heavy atom. The zero-order chi connectivity index (χ0) is 21.2. The van der Waals surface area contributed by atoms with Crippen LogP contribution in [-0.4, -0.2) is 23.4 Å². The molecule has 0 bridgehead atoms. The molecule has 1 fully saturated rings. The van der Waals surface area contributed by atoms with Gasteiger partial charge in [0, 0.05) is 23.4 Å². The molecule has 1 aromatic heterocycles. The maximum Gasteiger partial charge on any atom is 0.336 e. The largest absolute Gasteiger partial charge is 0.493 e. The smallest absolute Gasteiger partial charge is 0.336 e. The van der Waals surface area contributed by atoms with Crippen molar-refractivity contribution >= 4 is 22.9 Å². The average Bonchev–Trinajstić information content (AvgIpc) is 3.31. The molecule has 3 heterocycles. The van der Waals surface area contributed by atoms with E-state index in [2.05, 4.69) is 5.32 Å². The Labute approximate surface area is 177 Å². The van der Waals surface area contributed by atoms with E-state index in [1.165, 1.54) is 22.1 Å². The minimum atomic E-state index is -1.14. The molecule has 31 heavy (non-hydrogen) atoms. The zero-order valence-corrected chi connectivity index (χ0v) is 16.8. The maximum absolute atomic E-state index is 13.6. The first-order valence-electron chi connectivity index (χ1n) is 10.5. The van der Waals surface area contributed by atoms with Gasteiger partial charge >= 0.3 is 11.7 Å². The number of ether oxygens (including phenoxy) is 1. The number of hydrogen-bond donors (Lipinski definition) is 1. The Bertz CT molecular complexity index is 1330. The molecule has 1 N–H and O–H groups in total. The first kappa shape index (κ1) is 18.2. The van der Waals surface area contributed by atoms with E-state index < -0.39 is 17.2 Å². The van der Waals surface area contributed by atoms with Crippen molar-refractivity contribution in [1.29, 1.82) is 0 Å². The van der Waals surface area contributed by atoms with E-state index in [-0.39, 0.29) is 12.5 Å². The van der Waals surface area contributed by atoms with Gasteiger partial charge in [0.25, 0.3) is 5.91 Å². The summed E-state index contributed by atoms with van der Waals surface area (Å²) in [5, 5.41) is 3.68. The van der Waals surface area contributed by atoms with E-state index in [0.717, 1.165) is 24.6 Å². The SMILES string of the molecule is O=C1NC2(CCOc3ccccc32)C(=O)N1Cc1cc(=O)oc2cc3c(cc12)CCC3. The molecular weight excluding hydrogens is 396 g/mol. The third kappa shape index (κ3) is 2.62. The van der Waals surface area contributed by atoms with Gasteiger partial charge in [-0.15, -0.1) is 0 Å². The predicted octanol–water partition coefficient (Wildman–Crippen LogP) is 3.01. The molecule has 0 radical (unpaired) electrons. The molecule has 1 saturated heterocycles. The average molecular weight is 416 g/mol. The summed E-state index contributed by atoms with van der Waals surface area (Å²) in [6.45, 7) is 0.344. The van der Waals surface area contributed by atoms with Gasteiger partial charge in [-0.3, -0.25) is 9.69 Å². The third-order valence-electron chi connectivity index (χ3n) is 6.63. The van der Waals surface area contributed by atoms with Crippen LogP contribution in [0.2, 0.25) is 0 Å². The summed E-state index contributed by atoms with van der Waals surface area (Å²) in [5.41, 5.74) is 2.58. The monoisotopic (exact) mass is 416 g/mol. The number of nitrogens with one attached hydrogen (secondary N) is 1. The lowest BCUT2D eigenvalue weighted by atomic mass is 9.84. The second-order valence-corrected chi connectivity index (χ2v) is 8.38. The molecule has 1 aliphatic carbocycles. The molecule has 3 amide bonds. The van der Waals surface area contributed by atoms with E-state index in [9.17, 15) is 14.4 Å². The van der Waals surface area contributed by atoms with Gasteiger partial charge in [0.1, 0.15) is 11.3 Å². The van der Waals surface area contributed by atoms with Crippen LogP contribution in [0.15, 0.2) is 51.7 Å². The van der Waals surface area contributed by atoms with Gasteiger partial charge in [-0.1, -0.05) is 18.2 Å². The number of benzene rings is 2.